The Morgan fingerprint density at radius 2 is 2.00 bits per heavy atom. The molecule has 0 saturated heterocycles. The van der Waals surface area contributed by atoms with Crippen molar-refractivity contribution in [3.8, 4) is 5.69 Å². The van der Waals surface area contributed by atoms with Crippen LogP contribution in [0.15, 0.2) is 36.7 Å². The molecule has 1 aromatic carbocycles. The van der Waals surface area contributed by atoms with Crippen molar-refractivity contribution < 1.29 is 14.7 Å². The first kappa shape index (κ1) is 16.2. The summed E-state index contributed by atoms with van der Waals surface area (Å²) in [4.78, 5) is 23.4. The number of rotatable bonds is 4. The maximum absolute atomic E-state index is 12.4. The van der Waals surface area contributed by atoms with Gasteiger partial charge in [-0.05, 0) is 62.4 Å². The number of nitrogens with one attached hydrogen (secondary N) is 1. The Balaban J connectivity index is 1.64. The fraction of sp³-hybridized carbons (Fsp3) is 0.389. The number of nitrogens with zero attached hydrogens (tertiary/aromatic N) is 2. The van der Waals surface area contributed by atoms with Crippen LogP contribution in [0.3, 0.4) is 0 Å². The second-order valence-electron chi connectivity index (χ2n) is 6.31. The Hall–Kier alpha value is -2.63. The smallest absolute Gasteiger partial charge is 0.306 e. The Labute approximate surface area is 140 Å². The summed E-state index contributed by atoms with van der Waals surface area (Å²) in [5.41, 5.74) is 2.53. The Morgan fingerprint density at radius 1 is 1.25 bits per heavy atom. The lowest BCUT2D eigenvalue weighted by Gasteiger charge is -2.26. The molecule has 0 spiro atoms. The van der Waals surface area contributed by atoms with Crippen molar-refractivity contribution in [1.29, 1.82) is 0 Å². The third-order valence-electron chi connectivity index (χ3n) is 4.62. The topological polar surface area (TPSA) is 84.2 Å². The van der Waals surface area contributed by atoms with Crippen molar-refractivity contribution in [3.63, 3.8) is 0 Å². The molecule has 1 amide bonds. The number of carboxylic acid groups (broad SMARTS) is 1. The van der Waals surface area contributed by atoms with Gasteiger partial charge in [-0.3, -0.25) is 9.59 Å². The van der Waals surface area contributed by atoms with Crippen LogP contribution in [0.25, 0.3) is 5.69 Å². The first-order valence-electron chi connectivity index (χ1n) is 8.19. The minimum atomic E-state index is -0.732. The van der Waals surface area contributed by atoms with E-state index in [0.29, 0.717) is 31.2 Å². The predicted molar refractivity (Wildman–Crippen MR) is 89.1 cm³/mol. The summed E-state index contributed by atoms with van der Waals surface area (Å²) in [6, 6.07) is 7.45. The van der Waals surface area contributed by atoms with Crippen LogP contribution in [0.2, 0.25) is 0 Å². The van der Waals surface area contributed by atoms with Gasteiger partial charge in [-0.25, -0.2) is 4.68 Å². The summed E-state index contributed by atoms with van der Waals surface area (Å²) in [5, 5.41) is 16.3. The van der Waals surface area contributed by atoms with Gasteiger partial charge in [0.2, 0.25) is 0 Å². The van der Waals surface area contributed by atoms with Crippen molar-refractivity contribution >= 4 is 11.9 Å². The number of aliphatic carboxylic acids is 1. The highest BCUT2D eigenvalue weighted by Crippen LogP contribution is 2.25. The molecule has 0 radical (unpaired) electrons. The molecule has 126 valence electrons. The number of aromatic nitrogens is 2. The van der Waals surface area contributed by atoms with E-state index in [-0.39, 0.29) is 17.9 Å². The van der Waals surface area contributed by atoms with E-state index in [0.717, 1.165) is 11.3 Å². The molecular formula is C18H21N3O3. The fourth-order valence-electron chi connectivity index (χ4n) is 3.22. The number of aryl methyl sites for hydroxylation is 1. The van der Waals surface area contributed by atoms with Gasteiger partial charge in [-0.1, -0.05) is 0 Å². The number of hydrogen-bond donors (Lipinski definition) is 2. The van der Waals surface area contributed by atoms with Gasteiger partial charge in [0, 0.05) is 24.0 Å². The predicted octanol–water partition coefficient (Wildman–Crippen LogP) is 2.55. The molecule has 1 aliphatic rings. The molecule has 1 heterocycles. The highest BCUT2D eigenvalue weighted by atomic mass is 16.4. The van der Waals surface area contributed by atoms with Gasteiger partial charge in [0.05, 0.1) is 11.6 Å². The average molecular weight is 327 g/mol. The van der Waals surface area contributed by atoms with Crippen LogP contribution < -0.4 is 5.32 Å². The van der Waals surface area contributed by atoms with E-state index in [2.05, 4.69) is 10.4 Å². The lowest BCUT2D eigenvalue weighted by Crippen LogP contribution is -2.38. The first-order chi connectivity index (χ1) is 11.5. The van der Waals surface area contributed by atoms with Crippen molar-refractivity contribution in [1.82, 2.24) is 15.1 Å². The van der Waals surface area contributed by atoms with Gasteiger partial charge in [0.1, 0.15) is 0 Å². The average Bonchev–Trinajstić information content (AvgIpc) is 3.09. The lowest BCUT2D eigenvalue weighted by atomic mass is 9.86. The van der Waals surface area contributed by atoms with E-state index >= 15 is 0 Å². The second kappa shape index (κ2) is 6.86. The van der Waals surface area contributed by atoms with Crippen LogP contribution in [0, 0.1) is 12.8 Å². The zero-order valence-corrected chi connectivity index (χ0v) is 13.6. The summed E-state index contributed by atoms with van der Waals surface area (Å²) in [6.45, 7) is 1.95. The molecule has 2 aromatic rings. The fourth-order valence-corrected chi connectivity index (χ4v) is 3.22. The molecule has 0 atom stereocenters. The highest BCUT2D eigenvalue weighted by molar-refractivity contribution is 5.94. The summed E-state index contributed by atoms with van der Waals surface area (Å²) in [5.74, 6) is -1.11. The van der Waals surface area contributed by atoms with Gasteiger partial charge in [-0.15, -0.1) is 0 Å². The van der Waals surface area contributed by atoms with E-state index in [1.807, 2.05) is 31.3 Å². The molecule has 24 heavy (non-hydrogen) atoms. The van der Waals surface area contributed by atoms with Crippen LogP contribution >= 0.6 is 0 Å². The molecule has 3 rings (SSSR count). The van der Waals surface area contributed by atoms with Gasteiger partial charge < -0.3 is 10.4 Å². The largest absolute Gasteiger partial charge is 0.481 e. The molecule has 1 fully saturated rings. The minimum absolute atomic E-state index is 0.0548. The number of carbonyl (C=O) groups excluding carboxylic acids is 1. The number of hydrogen-bond acceptors (Lipinski definition) is 3. The van der Waals surface area contributed by atoms with Crippen LogP contribution in [-0.4, -0.2) is 32.8 Å². The lowest BCUT2D eigenvalue weighted by molar-refractivity contribution is -0.142. The number of carboxylic acids is 1. The van der Waals surface area contributed by atoms with Crippen LogP contribution in [0.5, 0.6) is 0 Å². The minimum Gasteiger partial charge on any atom is -0.481 e. The van der Waals surface area contributed by atoms with Gasteiger partial charge >= 0.3 is 5.97 Å². The normalized spacial score (nSPS) is 20.5. The Morgan fingerprint density at radius 3 is 2.58 bits per heavy atom. The van der Waals surface area contributed by atoms with Crippen molar-refractivity contribution in [3.05, 3.63) is 47.8 Å². The third kappa shape index (κ3) is 3.48. The van der Waals surface area contributed by atoms with Gasteiger partial charge in [0.25, 0.3) is 5.91 Å². The molecule has 6 nitrogen and oxygen atoms in total. The summed E-state index contributed by atoms with van der Waals surface area (Å²) in [7, 11) is 0. The Kier molecular flexibility index (Phi) is 4.64. The van der Waals surface area contributed by atoms with Gasteiger partial charge in [0.15, 0.2) is 0 Å². The maximum Gasteiger partial charge on any atom is 0.306 e. The number of benzene rings is 1. The second-order valence-corrected chi connectivity index (χ2v) is 6.31. The molecular weight excluding hydrogens is 306 g/mol. The number of carbonyl (C=O) groups is 2. The first-order valence-corrected chi connectivity index (χ1v) is 8.19. The summed E-state index contributed by atoms with van der Waals surface area (Å²) in [6.07, 6.45) is 6.26. The molecule has 6 heteroatoms. The van der Waals surface area contributed by atoms with Gasteiger partial charge in [-0.2, -0.15) is 5.10 Å². The molecule has 0 unspecified atom stereocenters. The molecule has 1 aromatic heterocycles. The molecule has 0 aliphatic heterocycles. The number of amides is 1. The van der Waals surface area contributed by atoms with Crippen molar-refractivity contribution in [2.24, 2.45) is 5.92 Å². The monoisotopic (exact) mass is 327 g/mol. The SMILES string of the molecule is Cc1cc(C(=O)NC2CCC(C(=O)O)CC2)ccc1-n1cccn1. The third-order valence-corrected chi connectivity index (χ3v) is 4.62. The molecule has 1 aliphatic carbocycles. The van der Waals surface area contributed by atoms with Crippen LogP contribution in [0.4, 0.5) is 0 Å². The van der Waals surface area contributed by atoms with Crippen molar-refractivity contribution in [2.45, 2.75) is 38.6 Å². The highest BCUT2D eigenvalue weighted by Gasteiger charge is 2.26. The molecule has 1 saturated carbocycles. The van der Waals surface area contributed by atoms with E-state index in [1.54, 1.807) is 16.9 Å². The van der Waals surface area contributed by atoms with Crippen LogP contribution in [0.1, 0.15) is 41.6 Å². The molecule has 0 bridgehead atoms. The molecule has 2 N–H and O–H groups in total. The van der Waals surface area contributed by atoms with E-state index in [4.69, 9.17) is 5.11 Å². The van der Waals surface area contributed by atoms with Crippen LogP contribution in [-0.2, 0) is 4.79 Å². The van der Waals surface area contributed by atoms with E-state index < -0.39 is 5.97 Å². The quantitative estimate of drug-likeness (QED) is 0.904. The van der Waals surface area contributed by atoms with Crippen molar-refractivity contribution in [2.75, 3.05) is 0 Å². The summed E-state index contributed by atoms with van der Waals surface area (Å²) < 4.78 is 1.77. The standard InChI is InChI=1S/C18H21N3O3/c1-12-11-14(5-8-16(12)21-10-2-9-19-21)17(22)20-15-6-3-13(4-7-15)18(23)24/h2,5,8-11,13,15H,3-4,6-7H2,1H3,(H,20,22)(H,23,24). The zero-order valence-electron chi connectivity index (χ0n) is 13.6. The Bertz CT molecular complexity index is 732. The van der Waals surface area contributed by atoms with E-state index in [1.165, 1.54) is 0 Å². The summed E-state index contributed by atoms with van der Waals surface area (Å²) >= 11 is 0. The maximum atomic E-state index is 12.4. The van der Waals surface area contributed by atoms with E-state index in [9.17, 15) is 9.59 Å². The zero-order chi connectivity index (χ0) is 17.1.